The lowest BCUT2D eigenvalue weighted by Gasteiger charge is -2.33. The van der Waals surface area contributed by atoms with E-state index < -0.39 is 0 Å². The summed E-state index contributed by atoms with van der Waals surface area (Å²) in [5.74, 6) is 1.83. The molecule has 0 spiro atoms. The molecule has 0 amide bonds. The Morgan fingerprint density at radius 3 is 3.05 bits per heavy atom. The highest BCUT2D eigenvalue weighted by Crippen LogP contribution is 2.15. The summed E-state index contributed by atoms with van der Waals surface area (Å²) in [6.07, 6.45) is 8.82. The summed E-state index contributed by atoms with van der Waals surface area (Å²) < 4.78 is 1.86. The summed E-state index contributed by atoms with van der Waals surface area (Å²) in [6.45, 7) is 5.54. The Labute approximate surface area is 122 Å². The van der Waals surface area contributed by atoms with Gasteiger partial charge >= 0.3 is 0 Å². The van der Waals surface area contributed by atoms with E-state index >= 15 is 0 Å². The van der Waals surface area contributed by atoms with Crippen LogP contribution >= 0.6 is 0 Å². The first-order valence-electron chi connectivity index (χ1n) is 7.62. The molecule has 1 unspecified atom stereocenters. The number of aliphatic imine (C=N–C) groups is 1. The Morgan fingerprint density at radius 2 is 2.40 bits per heavy atom. The van der Waals surface area contributed by atoms with E-state index in [9.17, 15) is 0 Å². The van der Waals surface area contributed by atoms with Crippen LogP contribution < -0.4 is 5.32 Å². The van der Waals surface area contributed by atoms with Crippen LogP contribution in [0, 0.1) is 5.92 Å². The second-order valence-corrected chi connectivity index (χ2v) is 5.79. The zero-order valence-corrected chi connectivity index (χ0v) is 13.0. The van der Waals surface area contributed by atoms with E-state index in [2.05, 4.69) is 33.4 Å². The molecule has 5 heteroatoms. The molecule has 1 fully saturated rings. The average Bonchev–Trinajstić information content (AvgIpc) is 2.84. The Kier molecular flexibility index (Phi) is 5.44. The van der Waals surface area contributed by atoms with E-state index in [4.69, 9.17) is 0 Å². The number of likely N-dealkylation sites (tertiary alicyclic amines) is 1. The SMILES string of the molecule is CN=C(NCCCc1cnn(C)c1)N1CCCC(C)C1. The molecule has 1 aliphatic rings. The van der Waals surface area contributed by atoms with E-state index in [1.807, 2.05) is 25.0 Å². The second-order valence-electron chi connectivity index (χ2n) is 5.79. The number of piperidine rings is 1. The average molecular weight is 277 g/mol. The number of aryl methyl sites for hydroxylation is 2. The highest BCUT2D eigenvalue weighted by molar-refractivity contribution is 5.79. The molecule has 1 aromatic rings. The maximum Gasteiger partial charge on any atom is 0.193 e. The predicted molar refractivity (Wildman–Crippen MR) is 82.9 cm³/mol. The molecule has 0 bridgehead atoms. The van der Waals surface area contributed by atoms with Gasteiger partial charge in [0.1, 0.15) is 0 Å². The molecule has 1 atom stereocenters. The van der Waals surface area contributed by atoms with Crippen molar-refractivity contribution in [3.05, 3.63) is 18.0 Å². The third kappa shape index (κ3) is 4.25. The minimum atomic E-state index is 0.776. The molecule has 1 N–H and O–H groups in total. The number of hydrogen-bond donors (Lipinski definition) is 1. The van der Waals surface area contributed by atoms with Crippen LogP contribution in [0.1, 0.15) is 31.7 Å². The van der Waals surface area contributed by atoms with Gasteiger partial charge in [0, 0.05) is 39.9 Å². The zero-order valence-electron chi connectivity index (χ0n) is 13.0. The van der Waals surface area contributed by atoms with Crippen molar-refractivity contribution in [3.8, 4) is 0 Å². The summed E-state index contributed by atoms with van der Waals surface area (Å²) in [6, 6.07) is 0. The molecule has 0 radical (unpaired) electrons. The van der Waals surface area contributed by atoms with Crippen molar-refractivity contribution < 1.29 is 0 Å². The zero-order chi connectivity index (χ0) is 14.4. The minimum Gasteiger partial charge on any atom is -0.356 e. The first kappa shape index (κ1) is 14.9. The summed E-state index contributed by atoms with van der Waals surface area (Å²) in [7, 11) is 3.84. The maximum atomic E-state index is 4.41. The van der Waals surface area contributed by atoms with Crippen LogP contribution in [0.4, 0.5) is 0 Å². The summed E-state index contributed by atoms with van der Waals surface area (Å²) in [4.78, 5) is 6.80. The van der Waals surface area contributed by atoms with Crippen molar-refractivity contribution in [2.45, 2.75) is 32.6 Å². The molecular formula is C15H27N5. The van der Waals surface area contributed by atoms with Crippen molar-refractivity contribution in [1.29, 1.82) is 0 Å². The summed E-state index contributed by atoms with van der Waals surface area (Å²) >= 11 is 0. The molecule has 20 heavy (non-hydrogen) atoms. The van der Waals surface area contributed by atoms with Gasteiger partial charge in [-0.05, 0) is 37.2 Å². The summed E-state index contributed by atoms with van der Waals surface area (Å²) in [5.41, 5.74) is 1.30. The fourth-order valence-corrected chi connectivity index (χ4v) is 2.81. The molecule has 0 saturated carbocycles. The monoisotopic (exact) mass is 277 g/mol. The van der Waals surface area contributed by atoms with Crippen LogP contribution in [0.2, 0.25) is 0 Å². The molecule has 112 valence electrons. The number of nitrogens with one attached hydrogen (secondary N) is 1. The van der Waals surface area contributed by atoms with Gasteiger partial charge in [-0.3, -0.25) is 9.67 Å². The van der Waals surface area contributed by atoms with Gasteiger partial charge in [-0.1, -0.05) is 6.92 Å². The van der Waals surface area contributed by atoms with E-state index in [1.165, 1.54) is 18.4 Å². The Morgan fingerprint density at radius 1 is 1.55 bits per heavy atom. The van der Waals surface area contributed by atoms with Gasteiger partial charge in [0.15, 0.2) is 5.96 Å². The van der Waals surface area contributed by atoms with Gasteiger partial charge in [0.25, 0.3) is 0 Å². The highest BCUT2D eigenvalue weighted by atomic mass is 15.3. The highest BCUT2D eigenvalue weighted by Gasteiger charge is 2.18. The van der Waals surface area contributed by atoms with Crippen LogP contribution in [0.5, 0.6) is 0 Å². The number of rotatable bonds is 4. The maximum absolute atomic E-state index is 4.41. The van der Waals surface area contributed by atoms with E-state index in [0.29, 0.717) is 0 Å². The second kappa shape index (κ2) is 7.31. The number of guanidine groups is 1. The van der Waals surface area contributed by atoms with Gasteiger partial charge in [-0.25, -0.2) is 0 Å². The van der Waals surface area contributed by atoms with Crippen LogP contribution in [-0.2, 0) is 13.5 Å². The minimum absolute atomic E-state index is 0.776. The van der Waals surface area contributed by atoms with Gasteiger partial charge < -0.3 is 10.2 Å². The van der Waals surface area contributed by atoms with Gasteiger partial charge in [-0.15, -0.1) is 0 Å². The third-order valence-corrected chi connectivity index (χ3v) is 3.85. The van der Waals surface area contributed by atoms with Crippen molar-refractivity contribution >= 4 is 5.96 Å². The molecule has 1 saturated heterocycles. The van der Waals surface area contributed by atoms with Crippen molar-refractivity contribution in [1.82, 2.24) is 20.0 Å². The lowest BCUT2D eigenvalue weighted by atomic mass is 10.0. The molecule has 0 aromatic carbocycles. The van der Waals surface area contributed by atoms with Crippen LogP contribution in [0.15, 0.2) is 17.4 Å². The lowest BCUT2D eigenvalue weighted by Crippen LogP contribution is -2.46. The lowest BCUT2D eigenvalue weighted by molar-refractivity contribution is 0.266. The number of hydrogen-bond acceptors (Lipinski definition) is 2. The van der Waals surface area contributed by atoms with Crippen molar-refractivity contribution in [2.75, 3.05) is 26.7 Å². The topological polar surface area (TPSA) is 45.5 Å². The quantitative estimate of drug-likeness (QED) is 0.517. The first-order valence-corrected chi connectivity index (χ1v) is 7.62. The van der Waals surface area contributed by atoms with Gasteiger partial charge in [0.05, 0.1) is 6.20 Å². The first-order chi connectivity index (χ1) is 9.69. The van der Waals surface area contributed by atoms with E-state index in [0.717, 1.165) is 44.4 Å². The predicted octanol–water partition coefficient (Wildman–Crippen LogP) is 1.66. The Balaban J connectivity index is 1.71. The van der Waals surface area contributed by atoms with E-state index in [1.54, 1.807) is 0 Å². The molecule has 1 aliphatic heterocycles. The molecule has 2 heterocycles. The fraction of sp³-hybridized carbons (Fsp3) is 0.733. The summed E-state index contributed by atoms with van der Waals surface area (Å²) in [5, 5.41) is 7.68. The van der Waals surface area contributed by atoms with Crippen molar-refractivity contribution in [2.24, 2.45) is 18.0 Å². The fourth-order valence-electron chi connectivity index (χ4n) is 2.81. The number of nitrogens with zero attached hydrogens (tertiary/aromatic N) is 4. The normalized spacial score (nSPS) is 20.2. The molecule has 2 rings (SSSR count). The van der Waals surface area contributed by atoms with E-state index in [-0.39, 0.29) is 0 Å². The van der Waals surface area contributed by atoms with Crippen molar-refractivity contribution in [3.63, 3.8) is 0 Å². The molecule has 5 nitrogen and oxygen atoms in total. The Bertz CT molecular complexity index is 437. The van der Waals surface area contributed by atoms with Crippen LogP contribution in [0.3, 0.4) is 0 Å². The Hall–Kier alpha value is -1.52. The third-order valence-electron chi connectivity index (χ3n) is 3.85. The van der Waals surface area contributed by atoms with Gasteiger partial charge in [0.2, 0.25) is 0 Å². The molecular weight excluding hydrogens is 250 g/mol. The van der Waals surface area contributed by atoms with Crippen LogP contribution in [-0.4, -0.2) is 47.3 Å². The molecule has 1 aromatic heterocycles. The van der Waals surface area contributed by atoms with Crippen LogP contribution in [0.25, 0.3) is 0 Å². The number of aromatic nitrogens is 2. The largest absolute Gasteiger partial charge is 0.356 e. The molecule has 0 aliphatic carbocycles. The standard InChI is InChI=1S/C15H27N5/c1-13-6-5-9-20(11-13)15(16-2)17-8-4-7-14-10-18-19(3)12-14/h10,12-13H,4-9,11H2,1-3H3,(H,16,17). The van der Waals surface area contributed by atoms with Gasteiger partial charge in [-0.2, -0.15) is 5.10 Å². The smallest absolute Gasteiger partial charge is 0.193 e.